The molecule has 0 aliphatic rings. The average molecular weight is 247 g/mol. The first-order valence-electron chi connectivity index (χ1n) is 5.04. The number of carboxylic acid groups (broad SMARTS) is 1. The van der Waals surface area contributed by atoms with Gasteiger partial charge < -0.3 is 9.67 Å². The lowest BCUT2D eigenvalue weighted by Gasteiger charge is -2.01. The monoisotopic (exact) mass is 247 g/mol. The van der Waals surface area contributed by atoms with Crippen molar-refractivity contribution in [1.29, 1.82) is 0 Å². The number of nitrogens with zero attached hydrogens (tertiary/aromatic N) is 3. The number of hydrogen-bond donors (Lipinski definition) is 1. The fourth-order valence-corrected chi connectivity index (χ4v) is 2.52. The quantitative estimate of drug-likeness (QED) is 0.769. The smallest absolute Gasteiger partial charge is 0.341 e. The second-order valence-corrected chi connectivity index (χ2v) is 4.67. The van der Waals surface area contributed by atoms with Crippen LogP contribution in [0.2, 0.25) is 0 Å². The van der Waals surface area contributed by atoms with Crippen LogP contribution in [0.1, 0.15) is 15.2 Å². The first-order chi connectivity index (χ1) is 8.25. The molecule has 0 bridgehead atoms. The van der Waals surface area contributed by atoms with E-state index in [1.165, 1.54) is 11.1 Å². The Labute approximate surface area is 101 Å². The van der Waals surface area contributed by atoms with Gasteiger partial charge in [-0.1, -0.05) is 6.07 Å². The van der Waals surface area contributed by atoms with E-state index in [1.54, 1.807) is 22.0 Å². The van der Waals surface area contributed by atoms with Gasteiger partial charge in [-0.05, 0) is 11.4 Å². The van der Waals surface area contributed by atoms with Gasteiger partial charge in [-0.2, -0.15) is 5.10 Å². The number of carboxylic acids is 1. The molecule has 0 aliphatic carbocycles. The van der Waals surface area contributed by atoms with E-state index in [2.05, 4.69) is 5.10 Å². The molecule has 0 spiro atoms. The van der Waals surface area contributed by atoms with Crippen LogP contribution in [0.4, 0.5) is 0 Å². The van der Waals surface area contributed by atoms with Gasteiger partial charge in [0.05, 0.1) is 12.7 Å². The number of hydrogen-bond acceptors (Lipinski definition) is 3. The van der Waals surface area contributed by atoms with Crippen molar-refractivity contribution in [3.63, 3.8) is 0 Å². The molecule has 0 aliphatic heterocycles. The second-order valence-electron chi connectivity index (χ2n) is 3.64. The highest BCUT2D eigenvalue weighted by Gasteiger charge is 2.15. The van der Waals surface area contributed by atoms with E-state index >= 15 is 0 Å². The summed E-state index contributed by atoms with van der Waals surface area (Å²) >= 11 is 1.65. The van der Waals surface area contributed by atoms with Crippen LogP contribution in [-0.2, 0) is 6.54 Å². The molecule has 0 aromatic carbocycles. The van der Waals surface area contributed by atoms with Gasteiger partial charge in [0.2, 0.25) is 0 Å². The van der Waals surface area contributed by atoms with Crippen LogP contribution in [0.5, 0.6) is 0 Å². The Bertz CT molecular complexity index is 666. The Morgan fingerprint density at radius 1 is 1.47 bits per heavy atom. The van der Waals surface area contributed by atoms with Crippen molar-refractivity contribution >= 4 is 23.0 Å². The van der Waals surface area contributed by atoms with Crippen molar-refractivity contribution in [1.82, 2.24) is 14.2 Å². The number of imidazole rings is 1. The van der Waals surface area contributed by atoms with Gasteiger partial charge in [0.15, 0.2) is 5.65 Å². The van der Waals surface area contributed by atoms with Gasteiger partial charge in [0.1, 0.15) is 5.56 Å². The molecular formula is C11H9N3O2S. The Hall–Kier alpha value is -2.08. The highest BCUT2D eigenvalue weighted by atomic mass is 32.1. The van der Waals surface area contributed by atoms with E-state index in [4.69, 9.17) is 5.11 Å². The Kier molecular flexibility index (Phi) is 2.22. The third kappa shape index (κ3) is 1.62. The molecule has 0 fully saturated rings. The van der Waals surface area contributed by atoms with Gasteiger partial charge in [0.25, 0.3) is 0 Å². The Morgan fingerprint density at radius 2 is 2.35 bits per heavy atom. The Morgan fingerprint density at radius 3 is 3.06 bits per heavy atom. The highest BCUT2D eigenvalue weighted by molar-refractivity contribution is 7.09. The average Bonchev–Trinajstić information content (AvgIpc) is 2.97. The molecule has 3 heterocycles. The lowest BCUT2D eigenvalue weighted by molar-refractivity contribution is 0.0698. The third-order valence-corrected chi connectivity index (χ3v) is 3.43. The SMILES string of the molecule is O=C(O)c1cnn2ccn(Cc3cccs3)c12. The third-order valence-electron chi connectivity index (χ3n) is 2.57. The minimum atomic E-state index is -0.953. The number of rotatable bonds is 3. The van der Waals surface area contributed by atoms with Gasteiger partial charge in [-0.25, -0.2) is 9.31 Å². The Balaban J connectivity index is 2.10. The van der Waals surface area contributed by atoms with Crippen LogP contribution >= 0.6 is 11.3 Å². The molecule has 1 N–H and O–H groups in total. The zero-order valence-corrected chi connectivity index (χ0v) is 9.59. The van der Waals surface area contributed by atoms with Gasteiger partial charge >= 0.3 is 5.97 Å². The fraction of sp³-hybridized carbons (Fsp3) is 0.0909. The lowest BCUT2D eigenvalue weighted by atomic mass is 10.3. The number of aromatic nitrogens is 3. The van der Waals surface area contributed by atoms with Crippen molar-refractivity contribution in [2.75, 3.05) is 0 Å². The summed E-state index contributed by atoms with van der Waals surface area (Å²) in [5.74, 6) is -0.953. The van der Waals surface area contributed by atoms with Gasteiger partial charge in [0, 0.05) is 17.3 Å². The summed E-state index contributed by atoms with van der Waals surface area (Å²) in [7, 11) is 0. The number of aromatic carboxylic acids is 1. The summed E-state index contributed by atoms with van der Waals surface area (Å²) in [6.07, 6.45) is 4.98. The molecule has 0 saturated heterocycles. The summed E-state index contributed by atoms with van der Waals surface area (Å²) in [5, 5.41) is 15.1. The minimum Gasteiger partial charge on any atom is -0.477 e. The van der Waals surface area contributed by atoms with E-state index < -0.39 is 5.97 Å². The van der Waals surface area contributed by atoms with E-state index in [9.17, 15) is 4.79 Å². The normalized spacial score (nSPS) is 11.1. The fourth-order valence-electron chi connectivity index (χ4n) is 1.81. The van der Waals surface area contributed by atoms with E-state index in [1.807, 2.05) is 28.3 Å². The van der Waals surface area contributed by atoms with Gasteiger partial charge in [-0.3, -0.25) is 0 Å². The molecule has 0 saturated carbocycles. The van der Waals surface area contributed by atoms with Crippen molar-refractivity contribution in [2.24, 2.45) is 0 Å². The van der Waals surface area contributed by atoms with Crippen molar-refractivity contribution < 1.29 is 9.90 Å². The first kappa shape index (κ1) is 10.1. The molecule has 0 radical (unpaired) electrons. The summed E-state index contributed by atoms with van der Waals surface area (Å²) in [5.41, 5.74) is 0.845. The van der Waals surface area contributed by atoms with Crippen LogP contribution in [0.25, 0.3) is 5.65 Å². The summed E-state index contributed by atoms with van der Waals surface area (Å²) < 4.78 is 3.47. The molecule has 86 valence electrons. The van der Waals surface area contributed by atoms with Crippen LogP contribution < -0.4 is 0 Å². The van der Waals surface area contributed by atoms with Crippen LogP contribution in [0.3, 0.4) is 0 Å². The maximum absolute atomic E-state index is 11.1. The van der Waals surface area contributed by atoms with Crippen molar-refractivity contribution in [2.45, 2.75) is 6.54 Å². The molecular weight excluding hydrogens is 238 g/mol. The summed E-state index contributed by atoms with van der Waals surface area (Å²) in [4.78, 5) is 12.2. The molecule has 5 nitrogen and oxygen atoms in total. The topological polar surface area (TPSA) is 59.5 Å². The van der Waals surface area contributed by atoms with Gasteiger partial charge in [-0.15, -0.1) is 11.3 Å². The van der Waals surface area contributed by atoms with E-state index in [-0.39, 0.29) is 5.56 Å². The predicted octanol–water partition coefficient (Wildman–Crippen LogP) is 1.94. The molecule has 3 rings (SSSR count). The molecule has 6 heteroatoms. The van der Waals surface area contributed by atoms with E-state index in [0.29, 0.717) is 12.2 Å². The number of thiophene rings is 1. The molecule has 3 aromatic rings. The maximum atomic E-state index is 11.1. The highest BCUT2D eigenvalue weighted by Crippen LogP contribution is 2.16. The predicted molar refractivity (Wildman–Crippen MR) is 63.6 cm³/mol. The number of fused-ring (bicyclic) bond motifs is 1. The first-order valence-corrected chi connectivity index (χ1v) is 5.92. The van der Waals surface area contributed by atoms with Crippen LogP contribution in [0.15, 0.2) is 36.1 Å². The molecule has 0 amide bonds. The second kappa shape index (κ2) is 3.74. The zero-order valence-electron chi connectivity index (χ0n) is 8.78. The molecule has 17 heavy (non-hydrogen) atoms. The van der Waals surface area contributed by atoms with Crippen LogP contribution in [-0.4, -0.2) is 25.3 Å². The zero-order chi connectivity index (χ0) is 11.8. The number of carbonyl (C=O) groups is 1. The molecule has 3 aromatic heterocycles. The van der Waals surface area contributed by atoms with E-state index in [0.717, 1.165) is 0 Å². The van der Waals surface area contributed by atoms with Crippen LogP contribution in [0, 0.1) is 0 Å². The molecule has 0 atom stereocenters. The largest absolute Gasteiger partial charge is 0.477 e. The standard InChI is InChI=1S/C11H9N3O2S/c15-11(16)9-6-12-14-4-3-13(10(9)14)7-8-2-1-5-17-8/h1-6H,7H2,(H,15,16). The lowest BCUT2D eigenvalue weighted by Crippen LogP contribution is -2.02. The van der Waals surface area contributed by atoms with Crippen molar-refractivity contribution in [3.05, 3.63) is 46.5 Å². The summed E-state index contributed by atoms with van der Waals surface area (Å²) in [6.45, 7) is 0.667. The summed E-state index contributed by atoms with van der Waals surface area (Å²) in [6, 6.07) is 4.01. The van der Waals surface area contributed by atoms with Crippen molar-refractivity contribution in [3.8, 4) is 0 Å². The maximum Gasteiger partial charge on any atom is 0.341 e. The molecule has 0 unspecified atom stereocenters. The minimum absolute atomic E-state index is 0.228.